The van der Waals surface area contributed by atoms with Crippen molar-refractivity contribution >= 4 is 17.7 Å². The van der Waals surface area contributed by atoms with E-state index in [0.717, 1.165) is 71.0 Å². The van der Waals surface area contributed by atoms with Gasteiger partial charge in [0.2, 0.25) is 0 Å². The van der Waals surface area contributed by atoms with Crippen LogP contribution in [-0.4, -0.2) is 101 Å². The molecule has 6 heterocycles. The van der Waals surface area contributed by atoms with Gasteiger partial charge in [0, 0.05) is 53.4 Å². The number of hydrogen-bond donors (Lipinski definition) is 5. The van der Waals surface area contributed by atoms with Crippen LogP contribution in [0.1, 0.15) is 121 Å². The second-order valence-electron chi connectivity index (χ2n) is 24.0. The summed E-state index contributed by atoms with van der Waals surface area (Å²) in [6, 6.07) is 12.8. The van der Waals surface area contributed by atoms with Crippen molar-refractivity contribution in [1.29, 1.82) is 0 Å². The van der Waals surface area contributed by atoms with Gasteiger partial charge in [-0.15, -0.1) is 0 Å². The number of nitrogens with one attached hydrogen (secondary N) is 2. The predicted molar refractivity (Wildman–Crippen MR) is 247 cm³/mol. The van der Waals surface area contributed by atoms with Gasteiger partial charge in [-0.25, -0.2) is 4.79 Å². The highest BCUT2D eigenvalue weighted by Crippen LogP contribution is 2.83. The van der Waals surface area contributed by atoms with Crippen LogP contribution in [0, 0.1) is 63.1 Å². The number of carbonyl (C=O) groups excluding carboxylic acids is 3. The zero-order valence-electron chi connectivity index (χ0n) is 40.0. The maximum absolute atomic E-state index is 16.0. The van der Waals surface area contributed by atoms with Crippen molar-refractivity contribution in [2.45, 2.75) is 158 Å². The Balaban J connectivity index is 0.976. The normalized spacial score (nSPS) is 45.0. The number of aliphatic hydroxyl groups excluding tert-OH is 3. The smallest absolute Gasteiger partial charge is 0.339 e. The van der Waals surface area contributed by atoms with Crippen LogP contribution in [0.15, 0.2) is 59.2 Å². The lowest BCUT2D eigenvalue weighted by Gasteiger charge is -2.70. The Labute approximate surface area is 399 Å². The third-order valence-electron chi connectivity index (χ3n) is 20.7. The highest BCUT2D eigenvalue weighted by molar-refractivity contribution is 5.93. The molecule has 12 rings (SSSR count). The van der Waals surface area contributed by atoms with Crippen LogP contribution in [0.5, 0.6) is 0 Å². The van der Waals surface area contributed by atoms with Crippen molar-refractivity contribution in [3.8, 4) is 0 Å². The summed E-state index contributed by atoms with van der Waals surface area (Å²) >= 11 is 0. The molecule has 1 aromatic carbocycles. The average molecular weight is 937 g/mol. The summed E-state index contributed by atoms with van der Waals surface area (Å²) in [7, 11) is 0. The summed E-state index contributed by atoms with van der Waals surface area (Å²) in [6.45, 7) is 7.39. The molecule has 5 N–H and O–H groups in total. The fraction of sp³-hybridized carbons (Fsp3) is 0.727. The van der Waals surface area contributed by atoms with Gasteiger partial charge >= 0.3 is 11.9 Å². The molecule has 5 saturated heterocycles. The standard InChI is InChI=1S/C55H72N2O11/c1-50(2)43-42(60)44(61)54(35-13-9-12-32(25-35)24-31-10-5-4-6-11-31)41(53(43)29-65-49(63)52(48(53)68-50)20-7-8-21-52)18-22-51(3)45(66-47(62)46-55(51,54)67-46)36-19-23-64-40(36)26-37(39(59)28-58)33-14-16-34(17-15-33)38-27-56-30-57-38/h4-6,10-11,14,16,19,23,32-35,37-39,41,43-46,48,56-59,61H,7-9,12-13,15,17-18,20-22,24-30H2,1-3H3/t32-,33+,34-,35-,37-,38-,39+,41+,43+,44+,45-,46+,48-,51-,53+,54-,55+/m0/s1. The summed E-state index contributed by atoms with van der Waals surface area (Å²) in [6.07, 6.45) is 11.6. The van der Waals surface area contributed by atoms with E-state index in [1.54, 1.807) is 6.26 Å². The molecular weight excluding hydrogens is 865 g/mol. The van der Waals surface area contributed by atoms with Gasteiger partial charge in [0.15, 0.2) is 11.9 Å². The van der Waals surface area contributed by atoms with Crippen molar-refractivity contribution in [1.82, 2.24) is 10.6 Å². The minimum Gasteiger partial charge on any atom is -0.469 e. The number of ether oxygens (including phenoxy) is 4. The molecule has 0 unspecified atom stereocenters. The largest absolute Gasteiger partial charge is 0.469 e. The Kier molecular flexibility index (Phi) is 11.0. The van der Waals surface area contributed by atoms with E-state index in [2.05, 4.69) is 54.0 Å². The molecule has 3 spiro atoms. The number of epoxide rings is 1. The molecule has 368 valence electrons. The van der Waals surface area contributed by atoms with Gasteiger partial charge < -0.3 is 44.0 Å². The molecule has 2 aromatic rings. The zero-order valence-corrected chi connectivity index (χ0v) is 40.0. The fourth-order valence-electron chi connectivity index (χ4n) is 18.1. The molecule has 1 aromatic heterocycles. The maximum atomic E-state index is 16.0. The molecule has 68 heavy (non-hydrogen) atoms. The monoisotopic (exact) mass is 937 g/mol. The molecule has 10 aliphatic rings. The van der Waals surface area contributed by atoms with Crippen molar-refractivity contribution in [3.63, 3.8) is 0 Å². The van der Waals surface area contributed by atoms with Crippen LogP contribution in [0.3, 0.4) is 0 Å². The number of esters is 2. The van der Waals surface area contributed by atoms with Gasteiger partial charge in [0.1, 0.15) is 30.2 Å². The predicted octanol–water partition coefficient (Wildman–Crippen LogP) is 5.92. The first-order valence-corrected chi connectivity index (χ1v) is 26.2. The molecule has 0 radical (unpaired) electrons. The first kappa shape index (κ1) is 45.7. The Bertz CT molecular complexity index is 2320. The molecule has 17 atom stereocenters. The van der Waals surface area contributed by atoms with E-state index in [9.17, 15) is 24.9 Å². The van der Waals surface area contributed by atoms with Crippen molar-refractivity contribution in [2.75, 3.05) is 26.4 Å². The van der Waals surface area contributed by atoms with Gasteiger partial charge in [-0.1, -0.05) is 75.1 Å². The fourth-order valence-corrected chi connectivity index (χ4v) is 18.1. The third kappa shape index (κ3) is 6.14. The van der Waals surface area contributed by atoms with Gasteiger partial charge in [0.05, 0.1) is 42.0 Å². The number of Topliss-reactive ketones (excluding diaryl/α,β-unsaturated/α-hetero) is 1. The number of rotatable bonds is 10. The first-order valence-electron chi connectivity index (χ1n) is 26.2. The van der Waals surface area contributed by atoms with Gasteiger partial charge in [-0.2, -0.15) is 0 Å². The van der Waals surface area contributed by atoms with Gasteiger partial charge in [0.25, 0.3) is 0 Å². The number of hydrogen-bond acceptors (Lipinski definition) is 13. The Morgan fingerprint density at radius 3 is 2.44 bits per heavy atom. The Hall–Kier alpha value is -3.43. The average Bonchev–Trinajstić information content (AvgIpc) is 3.84. The minimum absolute atomic E-state index is 0.0179. The summed E-state index contributed by atoms with van der Waals surface area (Å²) in [5.41, 5.74) is -4.44. The van der Waals surface area contributed by atoms with Crippen LogP contribution in [-0.2, 0) is 46.2 Å². The van der Waals surface area contributed by atoms with Crippen molar-refractivity contribution in [3.05, 3.63) is 71.7 Å². The van der Waals surface area contributed by atoms with E-state index in [1.807, 2.05) is 26.0 Å². The molecular formula is C55H72N2O11. The lowest BCUT2D eigenvalue weighted by atomic mass is 9.32. The minimum atomic E-state index is -1.48. The lowest BCUT2D eigenvalue weighted by molar-refractivity contribution is -0.285. The van der Waals surface area contributed by atoms with E-state index in [0.29, 0.717) is 55.4 Å². The number of fused-ring (bicyclic) bond motifs is 2. The number of allylic oxidation sites excluding steroid dienone is 1. The van der Waals surface area contributed by atoms with E-state index in [4.69, 9.17) is 23.4 Å². The third-order valence-corrected chi connectivity index (χ3v) is 20.7. The quantitative estimate of drug-likeness (QED) is 0.107. The van der Waals surface area contributed by atoms with Crippen molar-refractivity contribution in [2.24, 2.45) is 63.1 Å². The second-order valence-corrected chi connectivity index (χ2v) is 24.0. The maximum Gasteiger partial charge on any atom is 0.339 e. The second kappa shape index (κ2) is 16.3. The van der Waals surface area contributed by atoms with Crippen LogP contribution >= 0.6 is 0 Å². The van der Waals surface area contributed by atoms with Crippen LogP contribution in [0.25, 0.3) is 0 Å². The van der Waals surface area contributed by atoms with E-state index in [-0.39, 0.29) is 47.9 Å². The Morgan fingerprint density at radius 1 is 0.897 bits per heavy atom. The number of ketones is 1. The van der Waals surface area contributed by atoms with Crippen LogP contribution in [0.2, 0.25) is 0 Å². The van der Waals surface area contributed by atoms with Gasteiger partial charge in [-0.3, -0.25) is 14.9 Å². The summed E-state index contributed by atoms with van der Waals surface area (Å²) in [4.78, 5) is 45.2. The summed E-state index contributed by atoms with van der Waals surface area (Å²) in [5, 5.41) is 42.5. The summed E-state index contributed by atoms with van der Waals surface area (Å²) in [5.74, 6) is -1.56. The first-order chi connectivity index (χ1) is 32.8. The molecule has 9 fully saturated rings. The molecule has 0 bridgehead atoms. The van der Waals surface area contributed by atoms with E-state index >= 15 is 4.79 Å². The molecule has 0 amide bonds. The van der Waals surface area contributed by atoms with Crippen LogP contribution in [0.4, 0.5) is 0 Å². The highest BCUT2D eigenvalue weighted by Gasteiger charge is 2.93. The molecule has 5 aliphatic carbocycles. The topological polar surface area (TPSA) is 189 Å². The number of furan rings is 1. The molecule has 4 saturated carbocycles. The number of aliphatic hydroxyl groups is 3. The SMILES string of the molecule is CC1(C)O[C@H]2C3(CCCC3)C(=O)OC[C@@]23[C@@H]1C(=O)[C@@H](O)[C@]1([C@H]2CCC[C@@H](Cc4ccccc4)C2)[C@@H]3CC[C@@]2(C)[C@H](c3ccoc3C[C@H]([C@H](O)CO)[C@@H]3C=C[C@H]([C@@H]4CNCN4)CC3)OC(=O)[C@H]3O[C@@]312. The zero-order chi connectivity index (χ0) is 47.0. The number of carbonyl (C=O) groups is 3. The molecule has 13 heteroatoms. The number of cyclic esters (lactones) is 2. The highest BCUT2D eigenvalue weighted by atomic mass is 16.7. The van der Waals surface area contributed by atoms with Crippen LogP contribution < -0.4 is 10.6 Å². The number of benzene rings is 1. The molecule has 13 nitrogen and oxygen atoms in total. The lowest BCUT2D eigenvalue weighted by Crippen LogP contribution is -2.80. The Morgan fingerprint density at radius 2 is 1.71 bits per heavy atom. The molecule has 5 aliphatic heterocycles. The van der Waals surface area contributed by atoms with E-state index < -0.39 is 81.9 Å². The van der Waals surface area contributed by atoms with Crippen molar-refractivity contribution < 1.29 is 53.1 Å². The van der Waals surface area contributed by atoms with E-state index in [1.165, 1.54) is 5.56 Å². The van der Waals surface area contributed by atoms with Gasteiger partial charge in [-0.05, 0) is 113 Å². The summed E-state index contributed by atoms with van der Waals surface area (Å²) < 4.78 is 33.9.